The summed E-state index contributed by atoms with van der Waals surface area (Å²) in [4.78, 5) is 46.5. The van der Waals surface area contributed by atoms with Crippen molar-refractivity contribution in [1.82, 2.24) is 4.57 Å². The SMILES string of the molecule is CCOC(=O)C1=C(C)N=c2s/c(=C3\C(=O)N(C)c4ccccc43)c(=O)n2[C@H]1c1ccccc1. The van der Waals surface area contributed by atoms with Gasteiger partial charge in [-0.25, -0.2) is 9.79 Å². The number of rotatable bonds is 3. The average molecular weight is 460 g/mol. The van der Waals surface area contributed by atoms with Crippen molar-refractivity contribution in [3.63, 3.8) is 0 Å². The van der Waals surface area contributed by atoms with E-state index in [1.807, 2.05) is 54.6 Å². The molecule has 166 valence electrons. The summed E-state index contributed by atoms with van der Waals surface area (Å²) in [7, 11) is 1.70. The number of carbonyl (C=O) groups is 2. The van der Waals surface area contributed by atoms with Gasteiger partial charge in [0.1, 0.15) is 4.53 Å². The molecule has 0 saturated heterocycles. The summed E-state index contributed by atoms with van der Waals surface area (Å²) < 4.78 is 7.13. The molecule has 33 heavy (non-hydrogen) atoms. The van der Waals surface area contributed by atoms with E-state index in [-0.39, 0.29) is 18.1 Å². The summed E-state index contributed by atoms with van der Waals surface area (Å²) in [5, 5.41) is 0. The maximum atomic E-state index is 13.8. The minimum absolute atomic E-state index is 0.212. The highest BCUT2D eigenvalue weighted by Gasteiger charge is 2.36. The van der Waals surface area contributed by atoms with Gasteiger partial charge in [-0.1, -0.05) is 59.9 Å². The van der Waals surface area contributed by atoms with E-state index in [2.05, 4.69) is 4.99 Å². The number of allylic oxidation sites excluding steroid dienone is 1. The molecule has 8 heteroatoms. The Morgan fingerprint density at radius 1 is 1.09 bits per heavy atom. The Morgan fingerprint density at radius 3 is 2.52 bits per heavy atom. The first kappa shape index (κ1) is 21.1. The number of aromatic nitrogens is 1. The number of esters is 1. The molecule has 7 nitrogen and oxygen atoms in total. The minimum Gasteiger partial charge on any atom is -0.463 e. The van der Waals surface area contributed by atoms with Gasteiger partial charge in [-0.15, -0.1) is 0 Å². The van der Waals surface area contributed by atoms with E-state index in [1.54, 1.807) is 25.8 Å². The van der Waals surface area contributed by atoms with Crippen molar-refractivity contribution in [3.05, 3.63) is 96.7 Å². The van der Waals surface area contributed by atoms with Crippen molar-refractivity contribution in [1.29, 1.82) is 0 Å². The number of likely N-dealkylation sites (N-methyl/N-ethyl adjacent to an activating group) is 1. The van der Waals surface area contributed by atoms with Crippen LogP contribution in [0.1, 0.15) is 31.0 Å². The second-order valence-corrected chi connectivity index (χ2v) is 8.77. The number of thiazole rings is 1. The van der Waals surface area contributed by atoms with Gasteiger partial charge in [0.05, 0.1) is 35.2 Å². The van der Waals surface area contributed by atoms with Crippen molar-refractivity contribution in [2.75, 3.05) is 18.6 Å². The lowest BCUT2D eigenvalue weighted by molar-refractivity contribution is -0.139. The number of ether oxygens (including phenoxy) is 1. The third-order valence-electron chi connectivity index (χ3n) is 5.89. The monoisotopic (exact) mass is 459 g/mol. The van der Waals surface area contributed by atoms with Gasteiger partial charge >= 0.3 is 5.97 Å². The molecule has 1 atom stereocenters. The zero-order valence-corrected chi connectivity index (χ0v) is 19.2. The Labute approximate surface area is 193 Å². The standard InChI is InChI=1S/C25H21N3O4S/c1-4-32-24(31)18-14(2)26-25-28(20(18)15-10-6-5-7-11-15)23(30)21(33-25)19-16-12-8-9-13-17(16)27(3)22(19)29/h5-13,20H,4H2,1-3H3/b21-19-/t20-/m0/s1. The highest BCUT2D eigenvalue weighted by atomic mass is 32.1. The lowest BCUT2D eigenvalue weighted by atomic mass is 9.96. The number of anilines is 1. The topological polar surface area (TPSA) is 81.0 Å². The fraction of sp³-hybridized carbons (Fsp3) is 0.200. The van der Waals surface area contributed by atoms with Crippen LogP contribution in [0.25, 0.3) is 5.57 Å². The lowest BCUT2D eigenvalue weighted by Crippen LogP contribution is -2.40. The van der Waals surface area contributed by atoms with Crippen molar-refractivity contribution in [2.24, 2.45) is 4.99 Å². The molecule has 1 amide bonds. The zero-order chi connectivity index (χ0) is 23.3. The normalized spacial score (nSPS) is 18.7. The van der Waals surface area contributed by atoms with Crippen LogP contribution in [0.2, 0.25) is 0 Å². The predicted octanol–water partition coefficient (Wildman–Crippen LogP) is 2.14. The van der Waals surface area contributed by atoms with Crippen molar-refractivity contribution < 1.29 is 14.3 Å². The van der Waals surface area contributed by atoms with Crippen molar-refractivity contribution in [2.45, 2.75) is 19.9 Å². The molecule has 0 radical (unpaired) electrons. The summed E-state index contributed by atoms with van der Waals surface area (Å²) >= 11 is 1.17. The molecule has 2 aliphatic heterocycles. The maximum absolute atomic E-state index is 13.8. The average Bonchev–Trinajstić information content (AvgIpc) is 3.26. The second kappa shape index (κ2) is 7.97. The maximum Gasteiger partial charge on any atom is 0.338 e. The highest BCUT2D eigenvalue weighted by molar-refractivity contribution is 7.07. The third-order valence-corrected chi connectivity index (χ3v) is 6.94. The molecule has 0 unspecified atom stereocenters. The van der Waals surface area contributed by atoms with Gasteiger partial charge in [0.2, 0.25) is 0 Å². The summed E-state index contributed by atoms with van der Waals surface area (Å²) in [5.41, 5.74) is 3.07. The van der Waals surface area contributed by atoms with Crippen LogP contribution in [0.4, 0.5) is 5.69 Å². The molecule has 0 fully saturated rings. The van der Waals surface area contributed by atoms with E-state index in [9.17, 15) is 14.4 Å². The van der Waals surface area contributed by atoms with E-state index in [4.69, 9.17) is 4.74 Å². The van der Waals surface area contributed by atoms with Crippen molar-refractivity contribution >= 4 is 34.5 Å². The molecule has 0 bridgehead atoms. The van der Waals surface area contributed by atoms with Crippen LogP contribution in [0.15, 0.2) is 75.7 Å². The van der Waals surface area contributed by atoms with Crippen LogP contribution in [0, 0.1) is 0 Å². The van der Waals surface area contributed by atoms with Crippen LogP contribution in [-0.4, -0.2) is 30.1 Å². The number of amides is 1. The Hall–Kier alpha value is -3.78. The summed E-state index contributed by atoms with van der Waals surface area (Å²) in [5.74, 6) is -0.744. The first-order valence-corrected chi connectivity index (χ1v) is 11.4. The van der Waals surface area contributed by atoms with Crippen LogP contribution >= 0.6 is 11.3 Å². The van der Waals surface area contributed by atoms with Crippen LogP contribution in [0.5, 0.6) is 0 Å². The number of fused-ring (bicyclic) bond motifs is 2. The Bertz CT molecular complexity index is 1510. The second-order valence-electron chi connectivity index (χ2n) is 7.79. The van der Waals surface area contributed by atoms with Gasteiger partial charge in [-0.2, -0.15) is 0 Å². The molecule has 0 spiro atoms. The van der Waals surface area contributed by atoms with Crippen LogP contribution < -0.4 is 19.8 Å². The fourth-order valence-electron chi connectivity index (χ4n) is 4.38. The van der Waals surface area contributed by atoms with E-state index in [0.29, 0.717) is 31.7 Å². The molecule has 0 N–H and O–H groups in total. The highest BCUT2D eigenvalue weighted by Crippen LogP contribution is 2.34. The lowest BCUT2D eigenvalue weighted by Gasteiger charge is -2.24. The first-order chi connectivity index (χ1) is 15.9. The fourth-order valence-corrected chi connectivity index (χ4v) is 5.52. The third kappa shape index (κ3) is 3.17. The molecule has 2 aromatic carbocycles. The first-order valence-electron chi connectivity index (χ1n) is 10.6. The summed E-state index contributed by atoms with van der Waals surface area (Å²) in [6, 6.07) is 16.0. The quantitative estimate of drug-likeness (QED) is 0.562. The Balaban J connectivity index is 1.84. The predicted molar refractivity (Wildman–Crippen MR) is 126 cm³/mol. The summed E-state index contributed by atoms with van der Waals surface area (Å²) in [6.07, 6.45) is 0. The van der Waals surface area contributed by atoms with E-state index < -0.39 is 12.0 Å². The molecule has 0 saturated carbocycles. The van der Waals surface area contributed by atoms with Gasteiger partial charge < -0.3 is 9.64 Å². The Kier molecular flexibility index (Phi) is 5.09. The Morgan fingerprint density at radius 2 is 1.79 bits per heavy atom. The van der Waals surface area contributed by atoms with Gasteiger partial charge in [0.15, 0.2) is 4.80 Å². The number of nitrogens with zero attached hydrogens (tertiary/aromatic N) is 3. The van der Waals surface area contributed by atoms with E-state index in [1.165, 1.54) is 15.9 Å². The molecular weight excluding hydrogens is 438 g/mol. The number of para-hydroxylation sites is 1. The van der Waals surface area contributed by atoms with E-state index >= 15 is 0 Å². The zero-order valence-electron chi connectivity index (χ0n) is 18.4. The molecule has 1 aromatic heterocycles. The molecule has 0 aliphatic carbocycles. The van der Waals surface area contributed by atoms with Crippen LogP contribution in [-0.2, 0) is 14.3 Å². The van der Waals surface area contributed by atoms with Crippen LogP contribution in [0.3, 0.4) is 0 Å². The van der Waals surface area contributed by atoms with Crippen molar-refractivity contribution in [3.8, 4) is 0 Å². The molecule has 2 aliphatic rings. The minimum atomic E-state index is -0.694. The number of hydrogen-bond donors (Lipinski definition) is 0. The number of carbonyl (C=O) groups excluding carboxylic acids is 2. The van der Waals surface area contributed by atoms with Gasteiger partial charge in [0.25, 0.3) is 11.5 Å². The molecule has 5 rings (SSSR count). The van der Waals surface area contributed by atoms with E-state index in [0.717, 1.165) is 11.3 Å². The molecule has 3 aromatic rings. The van der Waals surface area contributed by atoms with Gasteiger partial charge in [-0.05, 0) is 25.5 Å². The number of hydrogen-bond acceptors (Lipinski definition) is 6. The molecule has 3 heterocycles. The smallest absolute Gasteiger partial charge is 0.338 e. The van der Waals surface area contributed by atoms with Gasteiger partial charge in [-0.3, -0.25) is 14.2 Å². The summed E-state index contributed by atoms with van der Waals surface area (Å²) in [6.45, 7) is 3.69. The number of benzene rings is 2. The van der Waals surface area contributed by atoms with Gasteiger partial charge in [0, 0.05) is 12.6 Å². The largest absolute Gasteiger partial charge is 0.463 e. The molecular formula is C25H21N3O4S.